The Morgan fingerprint density at radius 1 is 1.40 bits per heavy atom. The zero-order valence-corrected chi connectivity index (χ0v) is 9.14. The van der Waals surface area contributed by atoms with E-state index in [4.69, 9.17) is 0 Å². The highest BCUT2D eigenvalue weighted by Crippen LogP contribution is 2.15. The molecule has 0 aliphatic heterocycles. The second kappa shape index (κ2) is 5.39. The molecule has 0 aromatic heterocycles. The van der Waals surface area contributed by atoms with E-state index in [-0.39, 0.29) is 0 Å². The first-order chi connectivity index (χ1) is 7.15. The van der Waals surface area contributed by atoms with Crippen LogP contribution in [0.1, 0.15) is 20.3 Å². The Balaban J connectivity index is 2.80. The number of carbonyl (C=O) groups is 1. The maximum absolute atomic E-state index is 11.0. The van der Waals surface area contributed by atoms with Crippen LogP contribution >= 0.6 is 0 Å². The van der Waals surface area contributed by atoms with Crippen molar-refractivity contribution in [1.29, 1.82) is 0 Å². The first-order valence-electron chi connectivity index (χ1n) is 5.18. The Kier molecular flexibility index (Phi) is 4.16. The molecule has 1 rings (SSSR count). The SMILES string of the molecule is CCC(C)CN(C(=O)[O-])c1ccccc1. The topological polar surface area (TPSA) is 43.4 Å². The fraction of sp³-hybridized carbons (Fsp3) is 0.417. The van der Waals surface area contributed by atoms with Gasteiger partial charge in [-0.05, 0) is 18.1 Å². The van der Waals surface area contributed by atoms with Crippen molar-refractivity contribution in [1.82, 2.24) is 0 Å². The lowest BCUT2D eigenvalue weighted by Crippen LogP contribution is -2.43. The molecule has 1 atom stereocenters. The van der Waals surface area contributed by atoms with Crippen LogP contribution < -0.4 is 10.0 Å². The Morgan fingerprint density at radius 2 is 2.00 bits per heavy atom. The fourth-order valence-electron chi connectivity index (χ4n) is 1.33. The molecule has 0 aliphatic carbocycles. The molecule has 0 spiro atoms. The fourth-order valence-corrected chi connectivity index (χ4v) is 1.33. The lowest BCUT2D eigenvalue weighted by molar-refractivity contribution is -0.246. The van der Waals surface area contributed by atoms with Gasteiger partial charge in [-0.3, -0.25) is 0 Å². The van der Waals surface area contributed by atoms with E-state index in [0.29, 0.717) is 18.2 Å². The van der Waals surface area contributed by atoms with Crippen molar-refractivity contribution in [3.63, 3.8) is 0 Å². The molecule has 82 valence electrons. The van der Waals surface area contributed by atoms with E-state index in [2.05, 4.69) is 0 Å². The van der Waals surface area contributed by atoms with Gasteiger partial charge in [0.25, 0.3) is 0 Å². The van der Waals surface area contributed by atoms with E-state index in [1.807, 2.05) is 32.0 Å². The van der Waals surface area contributed by atoms with Crippen LogP contribution in [-0.4, -0.2) is 12.6 Å². The minimum atomic E-state index is -1.14. The average molecular weight is 206 g/mol. The summed E-state index contributed by atoms with van der Waals surface area (Å²) in [7, 11) is 0. The number of anilines is 1. The summed E-state index contributed by atoms with van der Waals surface area (Å²) >= 11 is 0. The summed E-state index contributed by atoms with van der Waals surface area (Å²) in [5.74, 6) is 0.336. The molecule has 0 heterocycles. The average Bonchev–Trinajstić information content (AvgIpc) is 2.26. The van der Waals surface area contributed by atoms with Crippen molar-refractivity contribution in [2.45, 2.75) is 20.3 Å². The van der Waals surface area contributed by atoms with Gasteiger partial charge in [0.1, 0.15) is 6.09 Å². The maximum atomic E-state index is 11.0. The van der Waals surface area contributed by atoms with Crippen LogP contribution in [0.2, 0.25) is 0 Å². The standard InChI is InChI=1S/C12H17NO2/c1-3-10(2)9-13(12(14)15)11-7-5-4-6-8-11/h4-8,10H,3,9H2,1-2H3,(H,14,15)/p-1. The molecule has 1 aromatic rings. The largest absolute Gasteiger partial charge is 0.530 e. The smallest absolute Gasteiger partial charge is 0.141 e. The molecule has 3 nitrogen and oxygen atoms in total. The molecular weight excluding hydrogens is 190 g/mol. The van der Waals surface area contributed by atoms with Crippen LogP contribution in [0.4, 0.5) is 10.5 Å². The Bertz CT molecular complexity index is 311. The van der Waals surface area contributed by atoms with Crippen molar-refractivity contribution in [3.8, 4) is 0 Å². The minimum absolute atomic E-state index is 0.336. The molecule has 0 saturated heterocycles. The third kappa shape index (κ3) is 3.27. The second-order valence-corrected chi connectivity index (χ2v) is 3.73. The number of rotatable bonds is 4. The molecule has 0 saturated carbocycles. The molecule has 0 radical (unpaired) electrons. The third-order valence-corrected chi connectivity index (χ3v) is 2.48. The summed E-state index contributed by atoms with van der Waals surface area (Å²) in [6, 6.07) is 9.06. The highest BCUT2D eigenvalue weighted by Gasteiger charge is 2.10. The zero-order chi connectivity index (χ0) is 11.3. The predicted octanol–water partition coefficient (Wildman–Crippen LogP) is 1.88. The summed E-state index contributed by atoms with van der Waals surface area (Å²) in [6.45, 7) is 4.56. The van der Waals surface area contributed by atoms with E-state index in [1.165, 1.54) is 4.90 Å². The van der Waals surface area contributed by atoms with Crippen LogP contribution in [0.15, 0.2) is 30.3 Å². The van der Waals surface area contributed by atoms with Crippen molar-refractivity contribution in [3.05, 3.63) is 30.3 Å². The Labute approximate surface area is 90.3 Å². The zero-order valence-electron chi connectivity index (χ0n) is 9.14. The number of carboxylic acid groups (broad SMARTS) is 1. The van der Waals surface area contributed by atoms with E-state index in [9.17, 15) is 9.90 Å². The number of hydrogen-bond donors (Lipinski definition) is 0. The van der Waals surface area contributed by atoms with Crippen LogP contribution in [0.5, 0.6) is 0 Å². The molecule has 1 amide bonds. The monoisotopic (exact) mass is 206 g/mol. The summed E-state index contributed by atoms with van der Waals surface area (Å²) in [5.41, 5.74) is 0.679. The van der Waals surface area contributed by atoms with Gasteiger partial charge in [-0.1, -0.05) is 38.5 Å². The first kappa shape index (κ1) is 11.6. The first-order valence-corrected chi connectivity index (χ1v) is 5.18. The lowest BCUT2D eigenvalue weighted by atomic mass is 10.1. The molecular formula is C12H16NO2-. The summed E-state index contributed by atoms with van der Waals surface area (Å²) in [5, 5.41) is 11.0. The van der Waals surface area contributed by atoms with Gasteiger partial charge in [0.05, 0.1) is 0 Å². The van der Waals surface area contributed by atoms with Gasteiger partial charge in [0, 0.05) is 12.2 Å². The number of carbonyl (C=O) groups excluding carboxylic acids is 1. The Morgan fingerprint density at radius 3 is 2.47 bits per heavy atom. The number of nitrogens with zero attached hydrogens (tertiary/aromatic N) is 1. The van der Waals surface area contributed by atoms with Crippen LogP contribution in [0.3, 0.4) is 0 Å². The molecule has 1 unspecified atom stereocenters. The van der Waals surface area contributed by atoms with Crippen LogP contribution in [0, 0.1) is 5.92 Å². The maximum Gasteiger partial charge on any atom is 0.141 e. The van der Waals surface area contributed by atoms with Gasteiger partial charge < -0.3 is 14.8 Å². The number of amides is 1. The molecule has 0 N–H and O–H groups in total. The molecule has 1 aromatic carbocycles. The quantitative estimate of drug-likeness (QED) is 0.755. The summed E-state index contributed by atoms with van der Waals surface area (Å²) in [6.07, 6.45) is -0.183. The summed E-state index contributed by atoms with van der Waals surface area (Å²) < 4.78 is 0. The number of benzene rings is 1. The van der Waals surface area contributed by atoms with E-state index < -0.39 is 6.09 Å². The molecule has 0 fully saturated rings. The van der Waals surface area contributed by atoms with Crippen molar-refractivity contribution < 1.29 is 9.90 Å². The normalized spacial score (nSPS) is 12.1. The Hall–Kier alpha value is -1.51. The molecule has 0 aliphatic rings. The van der Waals surface area contributed by atoms with Crippen LogP contribution in [-0.2, 0) is 0 Å². The highest BCUT2D eigenvalue weighted by molar-refractivity contribution is 5.84. The second-order valence-electron chi connectivity index (χ2n) is 3.73. The van der Waals surface area contributed by atoms with Crippen LogP contribution in [0.25, 0.3) is 0 Å². The predicted molar refractivity (Wildman–Crippen MR) is 58.6 cm³/mol. The molecule has 3 heteroatoms. The number of hydrogen-bond acceptors (Lipinski definition) is 2. The van der Waals surface area contributed by atoms with E-state index >= 15 is 0 Å². The molecule has 15 heavy (non-hydrogen) atoms. The van der Waals surface area contributed by atoms with Crippen molar-refractivity contribution in [2.75, 3.05) is 11.4 Å². The van der Waals surface area contributed by atoms with Gasteiger partial charge in [0.15, 0.2) is 0 Å². The lowest BCUT2D eigenvalue weighted by Gasteiger charge is -2.27. The van der Waals surface area contributed by atoms with Gasteiger partial charge in [-0.25, -0.2) is 0 Å². The van der Waals surface area contributed by atoms with Gasteiger partial charge in [0.2, 0.25) is 0 Å². The number of para-hydroxylation sites is 1. The van der Waals surface area contributed by atoms with Gasteiger partial charge in [-0.15, -0.1) is 0 Å². The minimum Gasteiger partial charge on any atom is -0.530 e. The van der Waals surface area contributed by atoms with Crippen molar-refractivity contribution in [2.24, 2.45) is 5.92 Å². The molecule has 0 bridgehead atoms. The third-order valence-electron chi connectivity index (χ3n) is 2.48. The van der Waals surface area contributed by atoms with E-state index in [0.717, 1.165) is 6.42 Å². The van der Waals surface area contributed by atoms with Gasteiger partial charge >= 0.3 is 0 Å². The van der Waals surface area contributed by atoms with Gasteiger partial charge in [-0.2, -0.15) is 0 Å². The van der Waals surface area contributed by atoms with Crippen molar-refractivity contribution >= 4 is 11.8 Å². The van der Waals surface area contributed by atoms with E-state index in [1.54, 1.807) is 12.1 Å². The highest BCUT2D eigenvalue weighted by atomic mass is 16.4. The summed E-state index contributed by atoms with van der Waals surface area (Å²) in [4.78, 5) is 12.3.